The van der Waals surface area contributed by atoms with E-state index in [-0.39, 0.29) is 13.2 Å². The molecule has 0 aromatic carbocycles. The summed E-state index contributed by atoms with van der Waals surface area (Å²) in [5.74, 6) is -2.12. The number of hydroxylamine groups is 3. The van der Waals surface area contributed by atoms with Crippen molar-refractivity contribution in [1.29, 1.82) is 0 Å². The fourth-order valence-electron chi connectivity index (χ4n) is 3.60. The minimum atomic E-state index is -2.04. The van der Waals surface area contributed by atoms with E-state index in [4.69, 9.17) is 14.2 Å². The highest BCUT2D eigenvalue weighted by molar-refractivity contribution is 5.83. The number of carbonyl (C=O) groups excluding carboxylic acids is 3. The zero-order valence-electron chi connectivity index (χ0n) is 17.5. The Bertz CT molecular complexity index is 737. The van der Waals surface area contributed by atoms with E-state index in [0.29, 0.717) is 18.5 Å². The van der Waals surface area contributed by atoms with Gasteiger partial charge in [-0.15, -0.1) is 0 Å². The zero-order valence-corrected chi connectivity index (χ0v) is 17.5. The van der Waals surface area contributed by atoms with Crippen LogP contribution in [0.4, 0.5) is 0 Å². The molecule has 5 atom stereocenters. The van der Waals surface area contributed by atoms with E-state index in [1.165, 1.54) is 26.8 Å². The van der Waals surface area contributed by atoms with Crippen LogP contribution in [0.2, 0.25) is 0 Å². The van der Waals surface area contributed by atoms with Gasteiger partial charge in [0.15, 0.2) is 17.7 Å². The van der Waals surface area contributed by atoms with Gasteiger partial charge in [0, 0.05) is 25.0 Å². The highest BCUT2D eigenvalue weighted by atomic mass is 16.6. The van der Waals surface area contributed by atoms with Crippen LogP contribution in [0.5, 0.6) is 0 Å². The van der Waals surface area contributed by atoms with Gasteiger partial charge in [0.2, 0.25) is 0 Å². The molecule has 0 aromatic heterocycles. The smallest absolute Gasteiger partial charge is 0.342 e. The van der Waals surface area contributed by atoms with Crippen molar-refractivity contribution in [2.45, 2.75) is 64.9 Å². The molecule has 0 amide bonds. The van der Waals surface area contributed by atoms with Gasteiger partial charge in [0.25, 0.3) is 0 Å². The highest BCUT2D eigenvalue weighted by Crippen LogP contribution is 2.38. The molecule has 2 aliphatic heterocycles. The molecule has 162 valence electrons. The van der Waals surface area contributed by atoms with Crippen LogP contribution in [0.1, 0.15) is 41.0 Å². The average Bonchev–Trinajstić information content (AvgIpc) is 3.07. The van der Waals surface area contributed by atoms with Crippen LogP contribution in [-0.4, -0.2) is 71.2 Å². The van der Waals surface area contributed by atoms with Gasteiger partial charge in [-0.3, -0.25) is 4.79 Å². The van der Waals surface area contributed by atoms with Crippen molar-refractivity contribution in [3.8, 4) is 0 Å². The minimum Gasteiger partial charge on any atom is -0.632 e. The quantitative estimate of drug-likeness (QED) is 0.165. The molecule has 9 heteroatoms. The predicted octanol–water partition coefficient (Wildman–Crippen LogP) is 1.14. The number of fused-ring (bicyclic) bond motifs is 1. The Balaban J connectivity index is 2.03. The van der Waals surface area contributed by atoms with Crippen molar-refractivity contribution in [2.75, 3.05) is 19.7 Å². The molecule has 1 saturated heterocycles. The van der Waals surface area contributed by atoms with Crippen LogP contribution in [0.25, 0.3) is 0 Å². The summed E-state index contributed by atoms with van der Waals surface area (Å²) in [6.45, 7) is 7.57. The lowest BCUT2D eigenvalue weighted by Crippen LogP contribution is -2.49. The van der Waals surface area contributed by atoms with Crippen molar-refractivity contribution >= 4 is 17.9 Å². The second-order valence-electron chi connectivity index (χ2n) is 8.04. The third-order valence-corrected chi connectivity index (χ3v) is 5.29. The maximum Gasteiger partial charge on any atom is 0.342 e. The predicted molar refractivity (Wildman–Crippen MR) is 102 cm³/mol. The second-order valence-corrected chi connectivity index (χ2v) is 8.04. The minimum absolute atomic E-state index is 0.203. The highest BCUT2D eigenvalue weighted by Gasteiger charge is 2.50. The molecule has 0 aromatic rings. The van der Waals surface area contributed by atoms with Gasteiger partial charge in [0.1, 0.15) is 12.7 Å². The molecular weight excluding hydrogens is 382 g/mol. The lowest BCUT2D eigenvalue weighted by atomic mass is 10.0. The molecule has 0 radical (unpaired) electrons. The molecule has 0 saturated carbocycles. The maximum atomic E-state index is 13.0. The standard InChI is InChI=1S/C20H29NO8/c1-12(2)10-17(23)29-16-7-9-21(26)8-6-15(18(16)21)11-27-19(24)20(5,25)13(3)28-14(4)22/h6,10,13,16,18,25H,7-9,11H2,1-5H3. The summed E-state index contributed by atoms with van der Waals surface area (Å²) in [7, 11) is 0. The van der Waals surface area contributed by atoms with Gasteiger partial charge in [0.05, 0.1) is 13.1 Å². The molecule has 2 aliphatic rings. The number of allylic oxidation sites excluding steroid dienone is 1. The number of nitrogens with zero attached hydrogens (tertiary/aromatic N) is 1. The lowest BCUT2D eigenvalue weighted by Gasteiger charge is -2.40. The van der Waals surface area contributed by atoms with Crippen LogP contribution in [0.15, 0.2) is 23.3 Å². The molecule has 2 rings (SSSR count). The van der Waals surface area contributed by atoms with Gasteiger partial charge in [-0.1, -0.05) is 5.57 Å². The van der Waals surface area contributed by atoms with Crippen molar-refractivity contribution in [3.05, 3.63) is 28.5 Å². The summed E-state index contributed by atoms with van der Waals surface area (Å²) < 4.78 is 15.0. The second kappa shape index (κ2) is 8.64. The van der Waals surface area contributed by atoms with Crippen molar-refractivity contribution < 1.29 is 38.3 Å². The summed E-state index contributed by atoms with van der Waals surface area (Å²) in [5.41, 5.74) is -0.702. The van der Waals surface area contributed by atoms with E-state index >= 15 is 0 Å². The van der Waals surface area contributed by atoms with Gasteiger partial charge in [-0.2, -0.15) is 0 Å². The topological polar surface area (TPSA) is 122 Å². The van der Waals surface area contributed by atoms with Crippen LogP contribution < -0.4 is 0 Å². The average molecular weight is 411 g/mol. The molecule has 0 bridgehead atoms. The summed E-state index contributed by atoms with van der Waals surface area (Å²) >= 11 is 0. The van der Waals surface area contributed by atoms with E-state index in [1.807, 2.05) is 0 Å². The number of quaternary nitrogens is 1. The lowest BCUT2D eigenvalue weighted by molar-refractivity contribution is -0.877. The first-order chi connectivity index (χ1) is 13.4. The van der Waals surface area contributed by atoms with Crippen LogP contribution in [0, 0.1) is 5.21 Å². The summed E-state index contributed by atoms with van der Waals surface area (Å²) in [5, 5.41) is 23.3. The number of rotatable bonds is 7. The molecule has 0 aliphatic carbocycles. The molecule has 5 unspecified atom stereocenters. The summed E-state index contributed by atoms with van der Waals surface area (Å²) in [4.78, 5) is 35.4. The first kappa shape index (κ1) is 23.1. The SMILES string of the molecule is CC(=O)OC(C)C(C)(O)C(=O)OCC1=CC[N+]2([O-])CCC(OC(=O)C=C(C)C)C12. The zero-order chi connectivity index (χ0) is 22.0. The number of aliphatic hydroxyl groups is 1. The van der Waals surface area contributed by atoms with Crippen LogP contribution in [-0.2, 0) is 28.6 Å². The Morgan fingerprint density at radius 1 is 1.38 bits per heavy atom. The van der Waals surface area contributed by atoms with Gasteiger partial charge in [-0.05, 0) is 33.8 Å². The Kier molecular flexibility index (Phi) is 6.87. The first-order valence-electron chi connectivity index (χ1n) is 9.56. The number of esters is 3. The van der Waals surface area contributed by atoms with E-state index in [1.54, 1.807) is 19.9 Å². The number of hydrogen-bond donors (Lipinski definition) is 1. The van der Waals surface area contributed by atoms with E-state index in [9.17, 15) is 24.7 Å². The maximum absolute atomic E-state index is 13.0. The Morgan fingerprint density at radius 3 is 2.62 bits per heavy atom. The van der Waals surface area contributed by atoms with E-state index in [0.717, 1.165) is 5.57 Å². The molecule has 1 fully saturated rings. The molecule has 2 heterocycles. The van der Waals surface area contributed by atoms with Crippen molar-refractivity contribution in [3.63, 3.8) is 0 Å². The largest absolute Gasteiger partial charge is 0.632 e. The molecule has 1 N–H and O–H groups in total. The summed E-state index contributed by atoms with van der Waals surface area (Å²) in [6.07, 6.45) is 1.76. The molecule has 9 nitrogen and oxygen atoms in total. The van der Waals surface area contributed by atoms with Gasteiger partial charge in [-0.25, -0.2) is 9.59 Å². The molecular formula is C20H29NO8. The monoisotopic (exact) mass is 411 g/mol. The first-order valence-corrected chi connectivity index (χ1v) is 9.56. The van der Waals surface area contributed by atoms with Crippen molar-refractivity contribution in [1.82, 2.24) is 0 Å². The van der Waals surface area contributed by atoms with E-state index < -0.39 is 46.4 Å². The van der Waals surface area contributed by atoms with Gasteiger partial charge < -0.3 is 29.2 Å². The fourth-order valence-corrected chi connectivity index (χ4v) is 3.60. The molecule has 29 heavy (non-hydrogen) atoms. The number of hydrogen-bond acceptors (Lipinski definition) is 8. The third kappa shape index (κ3) is 5.23. The van der Waals surface area contributed by atoms with Crippen LogP contribution >= 0.6 is 0 Å². The summed E-state index contributed by atoms with van der Waals surface area (Å²) in [6, 6.07) is -0.645. The number of carbonyl (C=O) groups is 3. The van der Waals surface area contributed by atoms with E-state index in [2.05, 4.69) is 0 Å². The molecule has 0 spiro atoms. The third-order valence-electron chi connectivity index (χ3n) is 5.29. The van der Waals surface area contributed by atoms with Crippen molar-refractivity contribution in [2.24, 2.45) is 0 Å². The van der Waals surface area contributed by atoms with Crippen LogP contribution in [0.3, 0.4) is 0 Å². The Hall–Kier alpha value is -2.23. The Labute approximate surface area is 170 Å². The Morgan fingerprint density at radius 2 is 2.03 bits per heavy atom. The fraction of sp³-hybridized carbons (Fsp3) is 0.650. The van der Waals surface area contributed by atoms with Gasteiger partial charge >= 0.3 is 17.9 Å². The number of ether oxygens (including phenoxy) is 3. The normalized spacial score (nSPS) is 28.4.